The number of aromatic nitrogens is 1. The number of anilines is 1. The lowest BCUT2D eigenvalue weighted by Crippen LogP contribution is -1.93. The molecule has 4 nitrogen and oxygen atoms in total. The number of nitrogens with two attached hydrogens (primary N) is 1. The number of hydrogen-bond donors (Lipinski definition) is 1. The van der Waals surface area contributed by atoms with Gasteiger partial charge in [-0.3, -0.25) is 0 Å². The van der Waals surface area contributed by atoms with E-state index in [0.717, 1.165) is 35.6 Å². The quantitative estimate of drug-likeness (QED) is 0.911. The minimum Gasteiger partial charge on any atom is -0.497 e. The lowest BCUT2D eigenvalue weighted by atomic mass is 10.1. The molecule has 0 radical (unpaired) electrons. The molecule has 1 aromatic heterocycles. The summed E-state index contributed by atoms with van der Waals surface area (Å²) in [6, 6.07) is 5.70. The minimum absolute atomic E-state index is 0.586. The van der Waals surface area contributed by atoms with Gasteiger partial charge in [-0.2, -0.15) is 0 Å². The average molecular weight is 278 g/mol. The standard InChI is InChI=1S/C14H18N2O2S/c1-4-5-12-13(16-14(15)19-12)10-8-9(17-2)6-7-11(10)18-3/h6-8H,4-5H2,1-3H3,(H2,15,16). The fourth-order valence-corrected chi connectivity index (χ4v) is 2.92. The van der Waals surface area contributed by atoms with Crippen LogP contribution in [0.3, 0.4) is 0 Å². The first-order chi connectivity index (χ1) is 9.19. The van der Waals surface area contributed by atoms with Crippen LogP contribution in [0.25, 0.3) is 11.3 Å². The molecule has 1 heterocycles. The molecule has 5 heteroatoms. The van der Waals surface area contributed by atoms with Crippen molar-refractivity contribution in [3.05, 3.63) is 23.1 Å². The molecule has 0 aliphatic carbocycles. The Kier molecular flexibility index (Phi) is 4.27. The zero-order chi connectivity index (χ0) is 13.8. The van der Waals surface area contributed by atoms with Crippen molar-refractivity contribution in [1.29, 1.82) is 0 Å². The molecule has 2 aromatic rings. The van der Waals surface area contributed by atoms with E-state index < -0.39 is 0 Å². The van der Waals surface area contributed by atoms with Crippen molar-refractivity contribution in [2.45, 2.75) is 19.8 Å². The number of benzene rings is 1. The van der Waals surface area contributed by atoms with Gasteiger partial charge in [0.1, 0.15) is 11.5 Å². The number of nitrogen functional groups attached to an aromatic ring is 1. The van der Waals surface area contributed by atoms with Crippen LogP contribution in [-0.2, 0) is 6.42 Å². The van der Waals surface area contributed by atoms with Crippen LogP contribution in [0, 0.1) is 0 Å². The predicted octanol–water partition coefficient (Wildman–Crippen LogP) is 3.36. The van der Waals surface area contributed by atoms with Crippen molar-refractivity contribution in [2.75, 3.05) is 20.0 Å². The molecule has 1 aromatic carbocycles. The van der Waals surface area contributed by atoms with E-state index in [-0.39, 0.29) is 0 Å². The van der Waals surface area contributed by atoms with Crippen LogP contribution in [0.15, 0.2) is 18.2 Å². The van der Waals surface area contributed by atoms with Gasteiger partial charge >= 0.3 is 0 Å². The Morgan fingerprint density at radius 1 is 1.26 bits per heavy atom. The highest BCUT2D eigenvalue weighted by Crippen LogP contribution is 2.38. The minimum atomic E-state index is 0.586. The number of nitrogens with zero attached hydrogens (tertiary/aromatic N) is 1. The molecule has 0 fully saturated rings. The van der Waals surface area contributed by atoms with Crippen LogP contribution < -0.4 is 15.2 Å². The van der Waals surface area contributed by atoms with E-state index in [1.807, 2.05) is 18.2 Å². The number of hydrogen-bond acceptors (Lipinski definition) is 5. The number of aryl methyl sites for hydroxylation is 1. The van der Waals surface area contributed by atoms with Gasteiger partial charge in [-0.1, -0.05) is 13.3 Å². The summed E-state index contributed by atoms with van der Waals surface area (Å²) in [4.78, 5) is 5.63. The molecular weight excluding hydrogens is 260 g/mol. The first kappa shape index (κ1) is 13.7. The Labute approximate surface area is 117 Å². The van der Waals surface area contributed by atoms with Gasteiger partial charge in [-0.25, -0.2) is 4.98 Å². The number of thiazole rings is 1. The largest absolute Gasteiger partial charge is 0.497 e. The number of rotatable bonds is 5. The van der Waals surface area contributed by atoms with Gasteiger partial charge in [-0.15, -0.1) is 11.3 Å². The lowest BCUT2D eigenvalue weighted by molar-refractivity contribution is 0.404. The normalized spacial score (nSPS) is 10.5. The zero-order valence-corrected chi connectivity index (χ0v) is 12.2. The lowest BCUT2D eigenvalue weighted by Gasteiger charge is -2.10. The van der Waals surface area contributed by atoms with Gasteiger partial charge in [0, 0.05) is 10.4 Å². The first-order valence-corrected chi connectivity index (χ1v) is 6.98. The first-order valence-electron chi connectivity index (χ1n) is 6.17. The van der Waals surface area contributed by atoms with Crippen molar-refractivity contribution >= 4 is 16.5 Å². The highest BCUT2D eigenvalue weighted by atomic mass is 32.1. The molecule has 0 atom stereocenters. The van der Waals surface area contributed by atoms with Crippen LogP contribution in [0.1, 0.15) is 18.2 Å². The molecule has 0 saturated heterocycles. The summed E-state index contributed by atoms with van der Waals surface area (Å²) in [6.07, 6.45) is 2.02. The topological polar surface area (TPSA) is 57.4 Å². The molecule has 2 rings (SSSR count). The van der Waals surface area contributed by atoms with Crippen molar-refractivity contribution in [1.82, 2.24) is 4.98 Å². The highest BCUT2D eigenvalue weighted by Gasteiger charge is 2.16. The number of ether oxygens (including phenoxy) is 2. The van der Waals surface area contributed by atoms with Crippen LogP contribution >= 0.6 is 11.3 Å². The number of methoxy groups -OCH3 is 2. The summed E-state index contributed by atoms with van der Waals surface area (Å²) in [6.45, 7) is 2.14. The van der Waals surface area contributed by atoms with Crippen LogP contribution in [0.4, 0.5) is 5.13 Å². The zero-order valence-electron chi connectivity index (χ0n) is 11.4. The van der Waals surface area contributed by atoms with Gasteiger partial charge in [0.2, 0.25) is 0 Å². The maximum Gasteiger partial charge on any atom is 0.180 e. The van der Waals surface area contributed by atoms with Gasteiger partial charge in [0.15, 0.2) is 5.13 Å². The molecule has 0 bridgehead atoms. The van der Waals surface area contributed by atoms with Crippen LogP contribution in [-0.4, -0.2) is 19.2 Å². The van der Waals surface area contributed by atoms with Gasteiger partial charge in [0.05, 0.1) is 19.9 Å². The second-order valence-corrected chi connectivity index (χ2v) is 5.26. The Bertz CT molecular complexity index is 567. The summed E-state index contributed by atoms with van der Waals surface area (Å²) in [5, 5.41) is 0.586. The fourth-order valence-electron chi connectivity index (χ4n) is 1.98. The third-order valence-electron chi connectivity index (χ3n) is 2.85. The monoisotopic (exact) mass is 278 g/mol. The molecule has 102 valence electrons. The van der Waals surface area contributed by atoms with E-state index in [0.29, 0.717) is 5.13 Å². The van der Waals surface area contributed by atoms with Crippen molar-refractivity contribution in [3.63, 3.8) is 0 Å². The average Bonchev–Trinajstić information content (AvgIpc) is 2.79. The third-order valence-corrected chi connectivity index (χ3v) is 3.80. The van der Waals surface area contributed by atoms with E-state index in [9.17, 15) is 0 Å². The van der Waals surface area contributed by atoms with Crippen molar-refractivity contribution in [3.8, 4) is 22.8 Å². The summed E-state index contributed by atoms with van der Waals surface area (Å²) in [5.74, 6) is 1.56. The molecule has 0 spiro atoms. The molecule has 19 heavy (non-hydrogen) atoms. The molecule has 0 aliphatic rings. The summed E-state index contributed by atoms with van der Waals surface area (Å²) < 4.78 is 10.7. The van der Waals surface area contributed by atoms with Crippen molar-refractivity contribution < 1.29 is 9.47 Å². The van der Waals surface area contributed by atoms with Gasteiger partial charge in [0.25, 0.3) is 0 Å². The fraction of sp³-hybridized carbons (Fsp3) is 0.357. The maximum atomic E-state index is 5.84. The van der Waals surface area contributed by atoms with Crippen LogP contribution in [0.5, 0.6) is 11.5 Å². The van der Waals surface area contributed by atoms with E-state index in [1.165, 1.54) is 16.2 Å². The predicted molar refractivity (Wildman–Crippen MR) is 79.1 cm³/mol. The second-order valence-electron chi connectivity index (χ2n) is 4.14. The Balaban J connectivity index is 2.55. The molecule has 0 saturated carbocycles. The van der Waals surface area contributed by atoms with Crippen LogP contribution in [0.2, 0.25) is 0 Å². The van der Waals surface area contributed by atoms with E-state index >= 15 is 0 Å². The Morgan fingerprint density at radius 2 is 2.05 bits per heavy atom. The maximum absolute atomic E-state index is 5.84. The van der Waals surface area contributed by atoms with Gasteiger partial charge < -0.3 is 15.2 Å². The third kappa shape index (κ3) is 2.81. The SMILES string of the molecule is CCCc1sc(N)nc1-c1cc(OC)ccc1OC. The second kappa shape index (κ2) is 5.93. The van der Waals surface area contributed by atoms with Crippen molar-refractivity contribution in [2.24, 2.45) is 0 Å². The van der Waals surface area contributed by atoms with E-state index in [4.69, 9.17) is 15.2 Å². The molecule has 0 amide bonds. The summed E-state index contributed by atoms with van der Waals surface area (Å²) >= 11 is 1.54. The molecular formula is C14H18N2O2S. The molecule has 0 aliphatic heterocycles. The Hall–Kier alpha value is -1.75. The molecule has 0 unspecified atom stereocenters. The highest BCUT2D eigenvalue weighted by molar-refractivity contribution is 7.15. The molecule has 2 N–H and O–H groups in total. The summed E-state index contributed by atoms with van der Waals surface area (Å²) in [5.41, 5.74) is 7.68. The smallest absolute Gasteiger partial charge is 0.180 e. The Morgan fingerprint density at radius 3 is 2.68 bits per heavy atom. The van der Waals surface area contributed by atoms with Gasteiger partial charge in [-0.05, 0) is 24.6 Å². The van der Waals surface area contributed by atoms with E-state index in [2.05, 4.69) is 11.9 Å². The summed E-state index contributed by atoms with van der Waals surface area (Å²) in [7, 11) is 3.30. The van der Waals surface area contributed by atoms with E-state index in [1.54, 1.807) is 14.2 Å².